The average molecular weight is 481 g/mol. The van der Waals surface area contributed by atoms with Gasteiger partial charge in [0, 0.05) is 27.4 Å². The zero-order chi connectivity index (χ0) is 19.0. The van der Waals surface area contributed by atoms with Crippen molar-refractivity contribution < 1.29 is 9.53 Å². The van der Waals surface area contributed by atoms with Crippen LogP contribution in [-0.2, 0) is 11.3 Å². The standard InChI is InChI=1S/C19H20IN3O2S/c1-9-5-13(20)6-10(2)16(9)23-18(24)17-15(21)14-12(8-25-4)7-11(3)22-19(14)26-17/h5-7H,8,21H2,1-4H3,(H,23,24). The van der Waals surface area contributed by atoms with Crippen molar-refractivity contribution in [1.29, 1.82) is 0 Å². The molecule has 3 rings (SSSR count). The maximum Gasteiger partial charge on any atom is 0.267 e. The molecule has 2 aromatic heterocycles. The summed E-state index contributed by atoms with van der Waals surface area (Å²) in [6.45, 7) is 6.32. The molecule has 26 heavy (non-hydrogen) atoms. The highest BCUT2D eigenvalue weighted by molar-refractivity contribution is 14.1. The summed E-state index contributed by atoms with van der Waals surface area (Å²) >= 11 is 3.59. The Hall–Kier alpha value is -1.71. The molecule has 0 unspecified atom stereocenters. The van der Waals surface area contributed by atoms with E-state index < -0.39 is 0 Å². The van der Waals surface area contributed by atoms with Crippen molar-refractivity contribution in [2.24, 2.45) is 0 Å². The number of nitrogen functional groups attached to an aromatic ring is 1. The summed E-state index contributed by atoms with van der Waals surface area (Å²) in [7, 11) is 1.64. The quantitative estimate of drug-likeness (QED) is 0.525. The number of rotatable bonds is 4. The van der Waals surface area contributed by atoms with Crippen molar-refractivity contribution in [3.63, 3.8) is 0 Å². The van der Waals surface area contributed by atoms with Gasteiger partial charge in [-0.2, -0.15) is 0 Å². The molecule has 0 saturated heterocycles. The van der Waals surface area contributed by atoms with Crippen molar-refractivity contribution in [2.75, 3.05) is 18.2 Å². The summed E-state index contributed by atoms with van der Waals surface area (Å²) in [4.78, 5) is 18.7. The number of pyridine rings is 1. The maximum absolute atomic E-state index is 12.9. The van der Waals surface area contributed by atoms with E-state index in [2.05, 4.69) is 32.9 Å². The fourth-order valence-corrected chi connectivity index (χ4v) is 5.07. The van der Waals surface area contributed by atoms with E-state index in [1.165, 1.54) is 11.3 Å². The van der Waals surface area contributed by atoms with Gasteiger partial charge in [0.05, 0.1) is 12.3 Å². The molecule has 0 aliphatic heterocycles. The van der Waals surface area contributed by atoms with E-state index in [9.17, 15) is 4.79 Å². The van der Waals surface area contributed by atoms with Gasteiger partial charge >= 0.3 is 0 Å². The van der Waals surface area contributed by atoms with E-state index in [4.69, 9.17) is 10.5 Å². The first-order valence-electron chi connectivity index (χ1n) is 8.07. The molecule has 0 atom stereocenters. The summed E-state index contributed by atoms with van der Waals surface area (Å²) in [6.07, 6.45) is 0. The molecule has 1 aromatic carbocycles. The number of anilines is 2. The van der Waals surface area contributed by atoms with E-state index in [1.807, 2.05) is 39.0 Å². The van der Waals surface area contributed by atoms with Crippen LogP contribution >= 0.6 is 33.9 Å². The van der Waals surface area contributed by atoms with Gasteiger partial charge in [0.2, 0.25) is 0 Å². The summed E-state index contributed by atoms with van der Waals surface area (Å²) in [5.74, 6) is -0.209. The molecule has 2 heterocycles. The minimum absolute atomic E-state index is 0.209. The minimum Gasteiger partial charge on any atom is -0.397 e. The summed E-state index contributed by atoms with van der Waals surface area (Å²) in [5, 5.41) is 3.83. The van der Waals surface area contributed by atoms with Gasteiger partial charge < -0.3 is 15.8 Å². The molecule has 0 aliphatic rings. The number of aromatic nitrogens is 1. The number of nitrogens with zero attached hydrogens (tertiary/aromatic N) is 1. The molecular weight excluding hydrogens is 461 g/mol. The Labute approximate surface area is 170 Å². The summed E-state index contributed by atoms with van der Waals surface area (Å²) in [6, 6.07) is 6.03. The molecule has 3 N–H and O–H groups in total. The van der Waals surface area contributed by atoms with Crippen LogP contribution < -0.4 is 11.1 Å². The number of amides is 1. The van der Waals surface area contributed by atoms with E-state index in [1.54, 1.807) is 7.11 Å². The van der Waals surface area contributed by atoms with Gasteiger partial charge in [-0.3, -0.25) is 4.79 Å². The highest BCUT2D eigenvalue weighted by Crippen LogP contribution is 2.36. The van der Waals surface area contributed by atoms with Gasteiger partial charge in [-0.25, -0.2) is 4.98 Å². The van der Waals surface area contributed by atoms with E-state index in [0.717, 1.165) is 41.9 Å². The van der Waals surface area contributed by atoms with E-state index in [0.29, 0.717) is 17.2 Å². The van der Waals surface area contributed by atoms with Crippen LogP contribution in [0.15, 0.2) is 18.2 Å². The van der Waals surface area contributed by atoms with Crippen LogP contribution in [0.5, 0.6) is 0 Å². The highest BCUT2D eigenvalue weighted by Gasteiger charge is 2.21. The lowest BCUT2D eigenvalue weighted by atomic mass is 10.1. The molecule has 0 bridgehead atoms. The number of aryl methyl sites for hydroxylation is 3. The lowest BCUT2D eigenvalue weighted by molar-refractivity contribution is 0.103. The molecule has 0 spiro atoms. The number of hydrogen-bond acceptors (Lipinski definition) is 5. The lowest BCUT2D eigenvalue weighted by Gasteiger charge is -2.12. The van der Waals surface area contributed by atoms with Crippen LogP contribution in [0.4, 0.5) is 11.4 Å². The van der Waals surface area contributed by atoms with Gasteiger partial charge in [0.15, 0.2) is 0 Å². The largest absolute Gasteiger partial charge is 0.397 e. The molecule has 0 fully saturated rings. The number of nitrogens with one attached hydrogen (secondary N) is 1. The predicted octanol–water partition coefficient (Wildman–Crippen LogP) is 4.81. The molecule has 3 aromatic rings. The number of halogens is 1. The Balaban J connectivity index is 2.04. The fourth-order valence-electron chi connectivity index (χ4n) is 3.05. The number of hydrogen-bond donors (Lipinski definition) is 2. The average Bonchev–Trinajstić information content (AvgIpc) is 2.87. The Morgan fingerprint density at radius 1 is 1.27 bits per heavy atom. The molecular formula is C19H20IN3O2S. The van der Waals surface area contributed by atoms with Gasteiger partial charge in [-0.15, -0.1) is 11.3 Å². The van der Waals surface area contributed by atoms with Crippen LogP contribution in [0.3, 0.4) is 0 Å². The van der Waals surface area contributed by atoms with Crippen molar-refractivity contribution in [1.82, 2.24) is 4.98 Å². The third kappa shape index (κ3) is 3.56. The first kappa shape index (κ1) is 19.1. The Bertz CT molecular complexity index is 991. The number of fused-ring (bicyclic) bond motifs is 1. The number of thiophene rings is 1. The van der Waals surface area contributed by atoms with E-state index >= 15 is 0 Å². The van der Waals surface area contributed by atoms with Crippen LogP contribution in [0.1, 0.15) is 32.1 Å². The van der Waals surface area contributed by atoms with Gasteiger partial charge in [-0.05, 0) is 78.3 Å². The van der Waals surface area contributed by atoms with Crippen LogP contribution in [0, 0.1) is 24.3 Å². The van der Waals surface area contributed by atoms with Crippen LogP contribution in [0.25, 0.3) is 10.2 Å². The Morgan fingerprint density at radius 2 is 1.92 bits per heavy atom. The molecule has 136 valence electrons. The smallest absolute Gasteiger partial charge is 0.267 e. The van der Waals surface area contributed by atoms with Crippen molar-refractivity contribution in [3.8, 4) is 0 Å². The van der Waals surface area contributed by atoms with Crippen molar-refractivity contribution in [2.45, 2.75) is 27.4 Å². The number of carbonyl (C=O) groups is 1. The van der Waals surface area contributed by atoms with Crippen LogP contribution in [0.2, 0.25) is 0 Å². The monoisotopic (exact) mass is 481 g/mol. The number of ether oxygens (including phenoxy) is 1. The van der Waals surface area contributed by atoms with Crippen LogP contribution in [-0.4, -0.2) is 18.0 Å². The number of methoxy groups -OCH3 is 1. The Morgan fingerprint density at radius 3 is 2.54 bits per heavy atom. The molecule has 1 amide bonds. The van der Waals surface area contributed by atoms with Gasteiger partial charge in [0.1, 0.15) is 9.71 Å². The SMILES string of the molecule is COCc1cc(C)nc2sc(C(=O)Nc3c(C)cc(I)cc3C)c(N)c12. The number of nitrogens with two attached hydrogens (primary N) is 1. The van der Waals surface area contributed by atoms with E-state index in [-0.39, 0.29) is 5.91 Å². The predicted molar refractivity (Wildman–Crippen MR) is 116 cm³/mol. The molecule has 0 radical (unpaired) electrons. The molecule has 5 nitrogen and oxygen atoms in total. The zero-order valence-corrected chi connectivity index (χ0v) is 18.0. The minimum atomic E-state index is -0.209. The third-order valence-corrected chi connectivity index (χ3v) is 5.87. The molecule has 0 aliphatic carbocycles. The molecule has 0 saturated carbocycles. The highest BCUT2D eigenvalue weighted by atomic mass is 127. The lowest BCUT2D eigenvalue weighted by Crippen LogP contribution is -2.14. The second-order valence-corrected chi connectivity index (χ2v) is 8.49. The summed E-state index contributed by atoms with van der Waals surface area (Å²) < 4.78 is 6.41. The second-order valence-electron chi connectivity index (χ2n) is 6.25. The molecule has 7 heteroatoms. The maximum atomic E-state index is 12.9. The first-order valence-corrected chi connectivity index (χ1v) is 9.97. The number of carbonyl (C=O) groups excluding carboxylic acids is 1. The topological polar surface area (TPSA) is 77.2 Å². The third-order valence-electron chi connectivity index (χ3n) is 4.15. The number of benzene rings is 1. The van der Waals surface area contributed by atoms with Crippen molar-refractivity contribution >= 4 is 61.4 Å². The normalized spacial score (nSPS) is 11.1. The van der Waals surface area contributed by atoms with Gasteiger partial charge in [-0.1, -0.05) is 0 Å². The zero-order valence-electron chi connectivity index (χ0n) is 15.1. The summed E-state index contributed by atoms with van der Waals surface area (Å²) in [5.41, 5.74) is 11.5. The van der Waals surface area contributed by atoms with Crippen molar-refractivity contribution in [3.05, 3.63) is 49.0 Å². The fraction of sp³-hybridized carbons (Fsp3) is 0.263. The second kappa shape index (κ2) is 7.50. The Kier molecular flexibility index (Phi) is 5.50. The first-order chi connectivity index (χ1) is 12.3. The van der Waals surface area contributed by atoms with Gasteiger partial charge in [0.25, 0.3) is 5.91 Å².